The minimum Gasteiger partial charge on any atom is -0.309 e. The number of nitrogens with zero attached hydrogens (tertiary/aromatic N) is 5. The Kier molecular flexibility index (Phi) is 7.61. The van der Waals surface area contributed by atoms with Gasteiger partial charge < -0.3 is 9.13 Å². The van der Waals surface area contributed by atoms with Crippen molar-refractivity contribution in [1.29, 1.82) is 0 Å². The monoisotopic (exact) mass is 681 g/mol. The average molecular weight is 682 g/mol. The van der Waals surface area contributed by atoms with E-state index >= 15 is 0 Å². The lowest BCUT2D eigenvalue weighted by atomic mass is 10.0. The Morgan fingerprint density at radius 2 is 0.849 bits per heavy atom. The van der Waals surface area contributed by atoms with Crippen LogP contribution < -0.4 is 0 Å². The van der Waals surface area contributed by atoms with E-state index in [1.807, 2.05) is 36.4 Å². The molecule has 0 bridgehead atoms. The lowest BCUT2D eigenvalue weighted by Crippen LogP contribution is -2.04. The molecule has 0 saturated carbocycles. The molecule has 0 aliphatic carbocycles. The van der Waals surface area contributed by atoms with Gasteiger partial charge in [0.2, 0.25) is 0 Å². The molecule has 3 aromatic heterocycles. The van der Waals surface area contributed by atoms with Crippen molar-refractivity contribution in [2.75, 3.05) is 0 Å². The van der Waals surface area contributed by atoms with Gasteiger partial charge in [0.15, 0.2) is 11.6 Å². The maximum Gasteiger partial charge on any atom is 0.163 e. The van der Waals surface area contributed by atoms with Gasteiger partial charge in [-0.25, -0.2) is 15.0 Å². The van der Waals surface area contributed by atoms with Crippen LogP contribution in [-0.4, -0.2) is 24.1 Å². The summed E-state index contributed by atoms with van der Waals surface area (Å²) in [5.74, 6) is 2.25. The van der Waals surface area contributed by atoms with Gasteiger partial charge in [-0.05, 0) is 73.0 Å². The predicted molar refractivity (Wildman–Crippen MR) is 218 cm³/mol. The molecule has 0 unspecified atom stereocenters. The highest BCUT2D eigenvalue weighted by atomic mass is 15.0. The second-order valence-corrected chi connectivity index (χ2v) is 13.6. The molecule has 5 nitrogen and oxygen atoms in total. The quantitative estimate of drug-likeness (QED) is 0.160. The first-order valence-electron chi connectivity index (χ1n) is 18.3. The summed E-state index contributed by atoms with van der Waals surface area (Å²) in [6.07, 6.45) is 2.62. The molecule has 0 fully saturated rings. The highest BCUT2D eigenvalue weighted by molar-refractivity contribution is 6.12. The molecule has 53 heavy (non-hydrogen) atoms. The third-order valence-electron chi connectivity index (χ3n) is 10.3. The van der Waals surface area contributed by atoms with Crippen molar-refractivity contribution in [3.8, 4) is 34.2 Å². The zero-order valence-electron chi connectivity index (χ0n) is 29.1. The van der Waals surface area contributed by atoms with Crippen LogP contribution in [0.2, 0.25) is 0 Å². The molecule has 252 valence electrons. The standard InChI is InChI=1S/C48H35N5/c1-4-16-34(17-5-1)47-49-46(50-48(51-47)35-18-6-2-7-19-35)26-14-15-33-27-29-44-40(31-33)38-22-10-13-25-43(38)53(44)37-28-30-45-41(32-37)39-23-11-12-24-42(39)52(45)36-20-8-3-9-21-36/h1-13,16-25,27-32H,14-15,26H2. The smallest absolute Gasteiger partial charge is 0.163 e. The van der Waals surface area contributed by atoms with Gasteiger partial charge in [-0.3, -0.25) is 0 Å². The van der Waals surface area contributed by atoms with Gasteiger partial charge in [-0.2, -0.15) is 0 Å². The molecule has 0 amide bonds. The fourth-order valence-electron chi connectivity index (χ4n) is 7.82. The van der Waals surface area contributed by atoms with Gasteiger partial charge in [-0.15, -0.1) is 0 Å². The number of aryl methyl sites for hydroxylation is 2. The first-order valence-corrected chi connectivity index (χ1v) is 18.3. The maximum absolute atomic E-state index is 4.92. The van der Waals surface area contributed by atoms with Crippen LogP contribution in [0.4, 0.5) is 0 Å². The summed E-state index contributed by atoms with van der Waals surface area (Å²) in [5, 5.41) is 5.02. The van der Waals surface area contributed by atoms with Crippen LogP contribution in [0.1, 0.15) is 17.8 Å². The van der Waals surface area contributed by atoms with E-state index in [1.54, 1.807) is 0 Å². The zero-order chi connectivity index (χ0) is 35.1. The summed E-state index contributed by atoms with van der Waals surface area (Å²) < 4.78 is 4.79. The van der Waals surface area contributed by atoms with E-state index in [-0.39, 0.29) is 0 Å². The summed E-state index contributed by atoms with van der Waals surface area (Å²) in [7, 11) is 0. The molecule has 0 radical (unpaired) electrons. The lowest BCUT2D eigenvalue weighted by Gasteiger charge is -2.10. The Bertz CT molecular complexity index is 2850. The third kappa shape index (κ3) is 5.54. The molecular weight excluding hydrogens is 647 g/mol. The van der Waals surface area contributed by atoms with Crippen molar-refractivity contribution in [2.24, 2.45) is 0 Å². The van der Waals surface area contributed by atoms with E-state index in [4.69, 9.17) is 15.0 Å². The number of para-hydroxylation sites is 3. The molecule has 0 aliphatic heterocycles. The van der Waals surface area contributed by atoms with Gasteiger partial charge >= 0.3 is 0 Å². The summed E-state index contributed by atoms with van der Waals surface area (Å²) >= 11 is 0. The van der Waals surface area contributed by atoms with Gasteiger partial charge in [0.05, 0.1) is 22.1 Å². The Morgan fingerprint density at radius 1 is 0.358 bits per heavy atom. The zero-order valence-corrected chi connectivity index (χ0v) is 29.1. The third-order valence-corrected chi connectivity index (χ3v) is 10.3. The molecule has 0 N–H and O–H groups in total. The number of hydrogen-bond donors (Lipinski definition) is 0. The Hall–Kier alpha value is -6.85. The van der Waals surface area contributed by atoms with E-state index in [1.165, 1.54) is 54.9 Å². The van der Waals surface area contributed by atoms with Gasteiger partial charge in [0.1, 0.15) is 5.82 Å². The van der Waals surface area contributed by atoms with Crippen LogP contribution in [0.5, 0.6) is 0 Å². The SMILES string of the molecule is c1ccc(-c2nc(CCCc3ccc4c(c3)c3ccccc3n4-c3ccc4c(c3)c3ccccc3n4-c3ccccc3)nc(-c3ccccc3)n2)cc1. The topological polar surface area (TPSA) is 48.5 Å². The Morgan fingerprint density at radius 3 is 1.47 bits per heavy atom. The van der Waals surface area contributed by atoms with Crippen molar-refractivity contribution in [1.82, 2.24) is 24.1 Å². The average Bonchev–Trinajstić information content (AvgIpc) is 3.74. The molecule has 3 heterocycles. The highest BCUT2D eigenvalue weighted by Crippen LogP contribution is 2.37. The minimum absolute atomic E-state index is 0.714. The molecule has 7 aromatic carbocycles. The highest BCUT2D eigenvalue weighted by Gasteiger charge is 2.17. The summed E-state index contributed by atoms with van der Waals surface area (Å²) in [6.45, 7) is 0. The van der Waals surface area contributed by atoms with E-state index < -0.39 is 0 Å². The van der Waals surface area contributed by atoms with Crippen LogP contribution in [0.15, 0.2) is 176 Å². The van der Waals surface area contributed by atoms with Crippen molar-refractivity contribution < 1.29 is 0 Å². The number of rotatable bonds is 8. The van der Waals surface area contributed by atoms with E-state index in [9.17, 15) is 0 Å². The molecule has 0 saturated heterocycles. The largest absolute Gasteiger partial charge is 0.309 e. The molecule has 5 heteroatoms. The number of fused-ring (bicyclic) bond motifs is 6. The summed E-state index contributed by atoms with van der Waals surface area (Å²) in [6, 6.07) is 62.3. The van der Waals surface area contributed by atoms with E-state index in [0.29, 0.717) is 11.6 Å². The molecule has 10 rings (SSSR count). The Balaban J connectivity index is 0.998. The van der Waals surface area contributed by atoms with Crippen LogP contribution in [0, 0.1) is 0 Å². The van der Waals surface area contributed by atoms with Crippen molar-refractivity contribution >= 4 is 43.6 Å². The molecular formula is C48H35N5. The second-order valence-electron chi connectivity index (χ2n) is 13.6. The molecule has 10 aromatic rings. The van der Waals surface area contributed by atoms with Crippen LogP contribution in [-0.2, 0) is 12.8 Å². The molecule has 0 atom stereocenters. The van der Waals surface area contributed by atoms with Crippen LogP contribution in [0.25, 0.3) is 77.8 Å². The van der Waals surface area contributed by atoms with Gasteiger partial charge in [0, 0.05) is 50.5 Å². The fraction of sp³-hybridized carbons (Fsp3) is 0.0625. The summed E-state index contributed by atoms with van der Waals surface area (Å²) in [5.41, 5.74) is 10.5. The number of aromatic nitrogens is 5. The van der Waals surface area contributed by atoms with Gasteiger partial charge in [-0.1, -0.05) is 121 Å². The van der Waals surface area contributed by atoms with Gasteiger partial charge in [0.25, 0.3) is 0 Å². The maximum atomic E-state index is 4.92. The van der Waals surface area contributed by atoms with E-state index in [2.05, 4.69) is 149 Å². The van der Waals surface area contributed by atoms with Crippen molar-refractivity contribution in [3.63, 3.8) is 0 Å². The van der Waals surface area contributed by atoms with Crippen molar-refractivity contribution in [3.05, 3.63) is 187 Å². The van der Waals surface area contributed by atoms with Crippen LogP contribution >= 0.6 is 0 Å². The molecule has 0 spiro atoms. The fourth-order valence-corrected chi connectivity index (χ4v) is 7.82. The second kappa shape index (κ2) is 13.0. The van der Waals surface area contributed by atoms with Crippen molar-refractivity contribution in [2.45, 2.75) is 19.3 Å². The number of benzene rings is 7. The first kappa shape index (κ1) is 30.9. The Labute approximate surface area is 307 Å². The first-order chi connectivity index (χ1) is 26.3. The molecule has 0 aliphatic rings. The number of hydrogen-bond acceptors (Lipinski definition) is 3. The van der Waals surface area contributed by atoms with Crippen LogP contribution in [0.3, 0.4) is 0 Å². The predicted octanol–water partition coefficient (Wildman–Crippen LogP) is 11.6. The normalized spacial score (nSPS) is 11.6. The van der Waals surface area contributed by atoms with E-state index in [0.717, 1.165) is 41.9 Å². The minimum atomic E-state index is 0.714. The lowest BCUT2D eigenvalue weighted by molar-refractivity contribution is 0.766. The summed E-state index contributed by atoms with van der Waals surface area (Å²) in [4.78, 5) is 14.7.